The number of aliphatic hydroxyl groups is 1. The number of rotatable bonds is 9. The molecule has 1 aromatic heterocycles. The van der Waals surface area contributed by atoms with Gasteiger partial charge in [0.2, 0.25) is 5.13 Å². The summed E-state index contributed by atoms with van der Waals surface area (Å²) in [6, 6.07) is -0.280. The molecule has 0 spiro atoms. The molecule has 2 amide bonds. The molecule has 0 atom stereocenters. The Labute approximate surface area is 130 Å². The molecule has 3 N–H and O–H groups in total. The molecule has 120 valence electrons. The number of unbranched alkanes of at least 4 members (excludes halogenated alkanes) is 2. The van der Waals surface area contributed by atoms with Gasteiger partial charge in [0, 0.05) is 19.6 Å². The van der Waals surface area contributed by atoms with Gasteiger partial charge in [-0.05, 0) is 18.3 Å². The number of hydrogen-bond acceptors (Lipinski definition) is 5. The smallest absolute Gasteiger partial charge is 0.321 e. The summed E-state index contributed by atoms with van der Waals surface area (Å²) < 4.78 is 0. The molecular weight excluding hydrogens is 288 g/mol. The summed E-state index contributed by atoms with van der Waals surface area (Å²) in [4.78, 5) is 11.8. The van der Waals surface area contributed by atoms with Crippen molar-refractivity contribution in [1.29, 1.82) is 0 Å². The lowest BCUT2D eigenvalue weighted by Crippen LogP contribution is -2.37. The van der Waals surface area contributed by atoms with Crippen LogP contribution in [0, 0.1) is 5.41 Å². The lowest BCUT2D eigenvalue weighted by atomic mass is 9.90. The molecule has 1 aromatic rings. The number of aryl methyl sites for hydroxylation is 1. The Bertz CT molecular complexity index is 434. The maximum atomic E-state index is 11.8. The number of anilines is 1. The largest absolute Gasteiger partial charge is 0.396 e. The van der Waals surface area contributed by atoms with Gasteiger partial charge in [-0.1, -0.05) is 44.9 Å². The fraction of sp³-hybridized carbons (Fsp3) is 0.786. The Morgan fingerprint density at radius 1 is 1.33 bits per heavy atom. The Hall–Kier alpha value is -1.21. The minimum atomic E-state index is -0.280. The Kier molecular flexibility index (Phi) is 7.60. The number of aromatic nitrogens is 2. The van der Waals surface area contributed by atoms with Crippen LogP contribution in [0.1, 0.15) is 51.5 Å². The predicted octanol–water partition coefficient (Wildman–Crippen LogP) is 2.80. The van der Waals surface area contributed by atoms with Crippen LogP contribution >= 0.6 is 11.3 Å². The van der Waals surface area contributed by atoms with Crippen LogP contribution in [-0.4, -0.2) is 34.5 Å². The summed E-state index contributed by atoms with van der Waals surface area (Å²) >= 11 is 1.42. The molecule has 6 nitrogen and oxygen atoms in total. The quantitative estimate of drug-likeness (QED) is 0.612. The van der Waals surface area contributed by atoms with E-state index in [0.717, 1.165) is 17.8 Å². The third-order valence-corrected chi connectivity index (χ3v) is 4.10. The molecule has 0 aliphatic carbocycles. The molecule has 0 aliphatic rings. The Morgan fingerprint density at radius 2 is 2.10 bits per heavy atom. The fourth-order valence-corrected chi connectivity index (χ4v) is 2.56. The van der Waals surface area contributed by atoms with Crippen molar-refractivity contribution in [3.63, 3.8) is 0 Å². The molecular formula is C14H26N4O2S. The highest BCUT2D eigenvalue weighted by Gasteiger charge is 2.18. The number of nitrogens with zero attached hydrogens (tertiary/aromatic N) is 2. The average molecular weight is 314 g/mol. The van der Waals surface area contributed by atoms with Crippen molar-refractivity contribution in [2.75, 3.05) is 18.5 Å². The number of carbonyl (C=O) groups is 1. The monoisotopic (exact) mass is 314 g/mol. The first-order valence-electron chi connectivity index (χ1n) is 7.45. The van der Waals surface area contributed by atoms with E-state index in [4.69, 9.17) is 5.11 Å². The van der Waals surface area contributed by atoms with E-state index in [1.165, 1.54) is 24.2 Å². The van der Waals surface area contributed by atoms with E-state index in [9.17, 15) is 4.79 Å². The van der Waals surface area contributed by atoms with E-state index in [1.807, 2.05) is 13.8 Å². The summed E-state index contributed by atoms with van der Waals surface area (Å²) in [5, 5.41) is 24.0. The first-order chi connectivity index (χ1) is 9.96. The van der Waals surface area contributed by atoms with Crippen molar-refractivity contribution < 1.29 is 9.90 Å². The van der Waals surface area contributed by atoms with Crippen LogP contribution in [0.15, 0.2) is 0 Å². The summed E-state index contributed by atoms with van der Waals surface area (Å²) in [5.41, 5.74) is -0.126. The van der Waals surface area contributed by atoms with E-state index in [0.29, 0.717) is 18.1 Å². The Morgan fingerprint density at radius 3 is 2.76 bits per heavy atom. The van der Waals surface area contributed by atoms with Crippen LogP contribution in [0.5, 0.6) is 0 Å². The maximum Gasteiger partial charge on any atom is 0.321 e. The zero-order chi connectivity index (χ0) is 15.7. The number of hydrogen-bond donors (Lipinski definition) is 3. The molecule has 0 fully saturated rings. The second kappa shape index (κ2) is 8.94. The molecule has 0 saturated carbocycles. The van der Waals surface area contributed by atoms with Crippen molar-refractivity contribution in [3.8, 4) is 0 Å². The second-order valence-corrected chi connectivity index (χ2v) is 6.97. The van der Waals surface area contributed by atoms with Gasteiger partial charge in [-0.25, -0.2) is 4.79 Å². The first kappa shape index (κ1) is 17.8. The lowest BCUT2D eigenvalue weighted by Gasteiger charge is -2.23. The number of amides is 2. The normalized spacial score (nSPS) is 11.4. The SMILES string of the molecule is CCCCCc1nnc(NC(=O)NCC(C)(C)CCO)s1. The number of aliphatic hydroxyl groups excluding tert-OH is 1. The highest BCUT2D eigenvalue weighted by atomic mass is 32.1. The van der Waals surface area contributed by atoms with Crippen LogP contribution in [-0.2, 0) is 6.42 Å². The predicted molar refractivity (Wildman–Crippen MR) is 85.6 cm³/mol. The molecule has 7 heteroatoms. The van der Waals surface area contributed by atoms with Crippen LogP contribution in [0.25, 0.3) is 0 Å². The zero-order valence-corrected chi connectivity index (χ0v) is 13.9. The molecule has 0 saturated heterocycles. The number of nitrogens with one attached hydrogen (secondary N) is 2. The van der Waals surface area contributed by atoms with Gasteiger partial charge in [0.25, 0.3) is 0 Å². The number of carbonyl (C=O) groups excluding carboxylic acids is 1. The molecule has 0 aromatic carbocycles. The van der Waals surface area contributed by atoms with Gasteiger partial charge in [-0.3, -0.25) is 5.32 Å². The van der Waals surface area contributed by atoms with Gasteiger partial charge in [0.15, 0.2) is 0 Å². The highest BCUT2D eigenvalue weighted by Crippen LogP contribution is 2.19. The molecule has 1 rings (SSSR count). The summed E-state index contributed by atoms with van der Waals surface area (Å²) in [6.07, 6.45) is 5.03. The van der Waals surface area contributed by atoms with Gasteiger partial charge >= 0.3 is 6.03 Å². The topological polar surface area (TPSA) is 87.1 Å². The van der Waals surface area contributed by atoms with E-state index in [2.05, 4.69) is 27.8 Å². The van der Waals surface area contributed by atoms with E-state index in [-0.39, 0.29) is 18.1 Å². The van der Waals surface area contributed by atoms with Gasteiger partial charge in [0.05, 0.1) is 0 Å². The van der Waals surface area contributed by atoms with Gasteiger partial charge < -0.3 is 10.4 Å². The van der Waals surface area contributed by atoms with Crippen LogP contribution in [0.3, 0.4) is 0 Å². The van der Waals surface area contributed by atoms with Crippen LogP contribution in [0.2, 0.25) is 0 Å². The van der Waals surface area contributed by atoms with E-state index in [1.54, 1.807) is 0 Å². The minimum Gasteiger partial charge on any atom is -0.396 e. The standard InChI is InChI=1S/C14H26N4O2S/c1-4-5-6-7-11-17-18-13(21-11)16-12(20)15-10-14(2,3)8-9-19/h19H,4-10H2,1-3H3,(H2,15,16,18,20). The maximum absolute atomic E-state index is 11.8. The Balaban J connectivity index is 2.34. The number of urea groups is 1. The average Bonchev–Trinajstić information content (AvgIpc) is 2.84. The van der Waals surface area contributed by atoms with Gasteiger partial charge in [-0.15, -0.1) is 10.2 Å². The van der Waals surface area contributed by atoms with Crippen LogP contribution in [0.4, 0.5) is 9.93 Å². The van der Waals surface area contributed by atoms with E-state index >= 15 is 0 Å². The summed E-state index contributed by atoms with van der Waals surface area (Å²) in [6.45, 7) is 6.78. The van der Waals surface area contributed by atoms with Crippen LogP contribution < -0.4 is 10.6 Å². The molecule has 0 aliphatic heterocycles. The van der Waals surface area contributed by atoms with Gasteiger partial charge in [0.1, 0.15) is 5.01 Å². The van der Waals surface area contributed by atoms with Crippen molar-refractivity contribution in [1.82, 2.24) is 15.5 Å². The fourth-order valence-electron chi connectivity index (χ4n) is 1.78. The zero-order valence-electron chi connectivity index (χ0n) is 13.1. The molecule has 0 bridgehead atoms. The van der Waals surface area contributed by atoms with Crippen molar-refractivity contribution >= 4 is 22.5 Å². The molecule has 0 unspecified atom stereocenters. The first-order valence-corrected chi connectivity index (χ1v) is 8.26. The second-order valence-electron chi connectivity index (χ2n) is 5.90. The van der Waals surface area contributed by atoms with Gasteiger partial charge in [-0.2, -0.15) is 0 Å². The van der Waals surface area contributed by atoms with Crippen molar-refractivity contribution in [2.24, 2.45) is 5.41 Å². The molecule has 1 heterocycles. The molecule has 0 radical (unpaired) electrons. The van der Waals surface area contributed by atoms with E-state index < -0.39 is 0 Å². The lowest BCUT2D eigenvalue weighted by molar-refractivity contribution is 0.204. The minimum absolute atomic E-state index is 0.119. The van der Waals surface area contributed by atoms with Crippen molar-refractivity contribution in [2.45, 2.75) is 52.9 Å². The summed E-state index contributed by atoms with van der Waals surface area (Å²) in [5.74, 6) is 0. The summed E-state index contributed by atoms with van der Waals surface area (Å²) in [7, 11) is 0. The van der Waals surface area contributed by atoms with Crippen molar-refractivity contribution in [3.05, 3.63) is 5.01 Å². The molecule has 21 heavy (non-hydrogen) atoms. The third kappa shape index (κ3) is 7.38. The third-order valence-electron chi connectivity index (χ3n) is 3.20. The highest BCUT2D eigenvalue weighted by molar-refractivity contribution is 7.15.